The lowest BCUT2D eigenvalue weighted by molar-refractivity contribution is 0.369. The van der Waals surface area contributed by atoms with Crippen molar-refractivity contribution >= 4 is 27.8 Å². The minimum absolute atomic E-state index is 0.255. The molecule has 5 heteroatoms. The molecule has 0 spiro atoms. The Morgan fingerprint density at radius 3 is 2.92 bits per heavy atom. The van der Waals surface area contributed by atoms with E-state index in [1.807, 2.05) is 0 Å². The lowest BCUT2D eigenvalue weighted by Gasteiger charge is -1.98. The molecule has 4 nitrogen and oxygen atoms in total. The van der Waals surface area contributed by atoms with E-state index in [1.165, 1.54) is 6.08 Å². The number of hydrogen-bond donors (Lipinski definition) is 0. The second kappa shape index (κ2) is 4.35. The van der Waals surface area contributed by atoms with Crippen LogP contribution in [0.3, 0.4) is 0 Å². The van der Waals surface area contributed by atoms with Crippen LogP contribution in [0.15, 0.2) is 14.0 Å². The zero-order chi connectivity index (χ0) is 9.84. The van der Waals surface area contributed by atoms with Crippen LogP contribution in [-0.4, -0.2) is 11.2 Å². The fourth-order valence-electron chi connectivity index (χ4n) is 0.914. The van der Waals surface area contributed by atoms with Crippen molar-refractivity contribution in [2.45, 2.75) is 20.3 Å². The highest BCUT2D eigenvalue weighted by Crippen LogP contribution is 2.29. The van der Waals surface area contributed by atoms with Crippen molar-refractivity contribution in [2.75, 3.05) is 0 Å². The molecule has 70 valence electrons. The monoisotopic (exact) mass is 244 g/mol. The Bertz CT molecular complexity index is 340. The lowest BCUT2D eigenvalue weighted by Crippen LogP contribution is -1.92. The van der Waals surface area contributed by atoms with Gasteiger partial charge in [-0.1, -0.05) is 19.0 Å². The zero-order valence-electron chi connectivity index (χ0n) is 7.37. The number of aliphatic imine (C=N–C) groups is 1. The molecule has 1 aromatic rings. The largest absolute Gasteiger partial charge is 0.358 e. The first-order valence-electron chi connectivity index (χ1n) is 3.87. The normalized spacial score (nSPS) is 10.2. The van der Waals surface area contributed by atoms with Crippen LogP contribution in [-0.2, 0) is 11.2 Å². The lowest BCUT2D eigenvalue weighted by atomic mass is 10.1. The quantitative estimate of drug-likeness (QED) is 0.607. The molecule has 0 N–H and O–H groups in total. The van der Waals surface area contributed by atoms with Crippen LogP contribution in [0.1, 0.15) is 19.6 Å². The Labute approximate surface area is 84.1 Å². The summed E-state index contributed by atoms with van der Waals surface area (Å²) >= 11 is 3.25. The maximum absolute atomic E-state index is 9.96. The standard InChI is InChI=1S/C8H9BrN2O2/c1-5(2)3-6-7(9)8(10-4-12)11-13-6/h5H,3H2,1-2H3. The fourth-order valence-corrected chi connectivity index (χ4v) is 1.31. The SMILES string of the molecule is CC(C)Cc1onc(N=C=O)c1Br. The number of hydrogen-bond acceptors (Lipinski definition) is 4. The summed E-state index contributed by atoms with van der Waals surface area (Å²) in [4.78, 5) is 13.3. The first kappa shape index (κ1) is 10.2. The highest BCUT2D eigenvalue weighted by atomic mass is 79.9. The van der Waals surface area contributed by atoms with E-state index in [-0.39, 0.29) is 5.82 Å². The van der Waals surface area contributed by atoms with E-state index >= 15 is 0 Å². The van der Waals surface area contributed by atoms with Gasteiger partial charge in [-0.2, -0.15) is 0 Å². The van der Waals surface area contributed by atoms with E-state index < -0.39 is 0 Å². The summed E-state index contributed by atoms with van der Waals surface area (Å²) in [5.41, 5.74) is 0. The van der Waals surface area contributed by atoms with E-state index in [4.69, 9.17) is 4.52 Å². The average molecular weight is 245 g/mol. The molecule has 0 fully saturated rings. The predicted molar refractivity (Wildman–Crippen MR) is 50.5 cm³/mol. The van der Waals surface area contributed by atoms with Crippen LogP contribution >= 0.6 is 15.9 Å². The van der Waals surface area contributed by atoms with Crippen LogP contribution in [0.4, 0.5) is 5.82 Å². The summed E-state index contributed by atoms with van der Waals surface area (Å²) in [6.07, 6.45) is 2.18. The maximum atomic E-state index is 9.96. The van der Waals surface area contributed by atoms with E-state index in [0.717, 1.165) is 6.42 Å². The van der Waals surface area contributed by atoms with Gasteiger partial charge in [-0.3, -0.25) is 0 Å². The molecule has 13 heavy (non-hydrogen) atoms. The Morgan fingerprint density at radius 1 is 1.69 bits per heavy atom. The third-order valence-electron chi connectivity index (χ3n) is 1.43. The minimum atomic E-state index is 0.255. The third kappa shape index (κ3) is 2.50. The Morgan fingerprint density at radius 2 is 2.38 bits per heavy atom. The molecule has 1 aromatic heterocycles. The van der Waals surface area contributed by atoms with Gasteiger partial charge in [0.25, 0.3) is 0 Å². The van der Waals surface area contributed by atoms with Crippen molar-refractivity contribution in [3.63, 3.8) is 0 Å². The summed E-state index contributed by atoms with van der Waals surface area (Å²) in [6.45, 7) is 4.13. The van der Waals surface area contributed by atoms with Crippen molar-refractivity contribution in [2.24, 2.45) is 10.9 Å². The van der Waals surface area contributed by atoms with Gasteiger partial charge in [0.15, 0.2) is 5.76 Å². The van der Waals surface area contributed by atoms with Gasteiger partial charge in [-0.15, -0.1) is 4.99 Å². The van der Waals surface area contributed by atoms with E-state index in [9.17, 15) is 4.79 Å². The molecule has 0 aliphatic heterocycles. The summed E-state index contributed by atoms with van der Waals surface area (Å²) in [6, 6.07) is 0. The topological polar surface area (TPSA) is 55.5 Å². The van der Waals surface area contributed by atoms with Crippen molar-refractivity contribution in [3.8, 4) is 0 Å². The number of nitrogens with zero attached hydrogens (tertiary/aromatic N) is 2. The van der Waals surface area contributed by atoms with Gasteiger partial charge < -0.3 is 4.52 Å². The van der Waals surface area contributed by atoms with E-state index in [0.29, 0.717) is 16.2 Å². The van der Waals surface area contributed by atoms with Gasteiger partial charge in [-0.25, -0.2) is 4.79 Å². The number of halogens is 1. The molecule has 0 aliphatic rings. The number of rotatable bonds is 3. The fraction of sp³-hybridized carbons (Fsp3) is 0.500. The molecule has 0 amide bonds. The minimum Gasteiger partial charge on any atom is -0.358 e. The number of isocyanates is 1. The first-order valence-corrected chi connectivity index (χ1v) is 4.66. The van der Waals surface area contributed by atoms with Gasteiger partial charge >= 0.3 is 0 Å². The third-order valence-corrected chi connectivity index (χ3v) is 2.23. The van der Waals surface area contributed by atoms with Gasteiger partial charge in [0.2, 0.25) is 11.9 Å². The number of carbonyl (C=O) groups excluding carboxylic acids is 1. The maximum Gasteiger partial charge on any atom is 0.242 e. The van der Waals surface area contributed by atoms with Crippen LogP contribution in [0, 0.1) is 5.92 Å². The first-order chi connectivity index (χ1) is 6.15. The van der Waals surface area contributed by atoms with Crippen molar-refractivity contribution in [3.05, 3.63) is 10.2 Å². The van der Waals surface area contributed by atoms with Crippen molar-refractivity contribution in [1.29, 1.82) is 0 Å². The van der Waals surface area contributed by atoms with Crippen molar-refractivity contribution < 1.29 is 9.32 Å². The molecule has 0 unspecified atom stereocenters. The predicted octanol–water partition coefficient (Wildman–Crippen LogP) is 2.60. The highest BCUT2D eigenvalue weighted by molar-refractivity contribution is 9.10. The van der Waals surface area contributed by atoms with Gasteiger partial charge in [0.1, 0.15) is 4.47 Å². The van der Waals surface area contributed by atoms with Gasteiger partial charge in [0, 0.05) is 6.42 Å². The smallest absolute Gasteiger partial charge is 0.242 e. The molecule has 0 atom stereocenters. The van der Waals surface area contributed by atoms with Gasteiger partial charge in [0.05, 0.1) is 0 Å². The van der Waals surface area contributed by atoms with Crippen LogP contribution in [0.25, 0.3) is 0 Å². The Balaban J connectivity index is 2.92. The molecular formula is C8H9BrN2O2. The summed E-state index contributed by atoms with van der Waals surface area (Å²) in [5, 5.41) is 3.61. The molecule has 0 aromatic carbocycles. The molecule has 1 rings (SSSR count). The van der Waals surface area contributed by atoms with Gasteiger partial charge in [-0.05, 0) is 21.8 Å². The molecule has 1 heterocycles. The Kier molecular flexibility index (Phi) is 3.39. The molecule has 0 aliphatic carbocycles. The van der Waals surface area contributed by atoms with Crippen LogP contribution in [0.2, 0.25) is 0 Å². The van der Waals surface area contributed by atoms with Crippen LogP contribution in [0.5, 0.6) is 0 Å². The second-order valence-corrected chi connectivity index (χ2v) is 3.84. The molecule has 0 bridgehead atoms. The van der Waals surface area contributed by atoms with Crippen LogP contribution < -0.4 is 0 Å². The van der Waals surface area contributed by atoms with E-state index in [2.05, 4.69) is 39.9 Å². The average Bonchev–Trinajstić information content (AvgIpc) is 2.36. The molecule has 0 saturated carbocycles. The van der Waals surface area contributed by atoms with Crippen molar-refractivity contribution in [1.82, 2.24) is 5.16 Å². The zero-order valence-corrected chi connectivity index (χ0v) is 8.96. The second-order valence-electron chi connectivity index (χ2n) is 3.04. The molecule has 0 radical (unpaired) electrons. The summed E-state index contributed by atoms with van der Waals surface area (Å²) in [5.74, 6) is 1.44. The highest BCUT2D eigenvalue weighted by Gasteiger charge is 2.13. The number of aromatic nitrogens is 1. The van der Waals surface area contributed by atoms with E-state index in [1.54, 1.807) is 0 Å². The summed E-state index contributed by atoms with van der Waals surface area (Å²) in [7, 11) is 0. The molecular weight excluding hydrogens is 236 g/mol. The summed E-state index contributed by atoms with van der Waals surface area (Å²) < 4.78 is 5.63. The molecule has 0 saturated heterocycles. The Hall–Kier alpha value is -0.930.